The van der Waals surface area contributed by atoms with Crippen LogP contribution in [0, 0.1) is 5.92 Å². The summed E-state index contributed by atoms with van der Waals surface area (Å²) in [7, 11) is 1.85. The molecule has 0 aromatic carbocycles. The van der Waals surface area contributed by atoms with Crippen molar-refractivity contribution in [2.45, 2.75) is 53.9 Å². The summed E-state index contributed by atoms with van der Waals surface area (Å²) in [6.45, 7) is 10.0. The minimum absolute atomic E-state index is 0.149. The largest absolute Gasteiger partial charge is 0.348 e. The molecule has 18 heavy (non-hydrogen) atoms. The molecule has 1 aromatic rings. The van der Waals surface area contributed by atoms with Crippen LogP contribution in [0.3, 0.4) is 0 Å². The molecule has 0 radical (unpaired) electrons. The van der Waals surface area contributed by atoms with Gasteiger partial charge in [-0.05, 0) is 30.9 Å². The maximum Gasteiger partial charge on any atom is 0.230 e. The fraction of sp³-hybridized carbons (Fsp3) is 0.667. The molecule has 3 nitrogen and oxygen atoms in total. The normalized spacial score (nSPS) is 18.4. The lowest BCUT2D eigenvalue weighted by atomic mass is 9.98. The maximum absolute atomic E-state index is 11.9. The Morgan fingerprint density at radius 3 is 2.50 bits per heavy atom. The van der Waals surface area contributed by atoms with Gasteiger partial charge in [-0.2, -0.15) is 0 Å². The molecule has 1 atom stereocenters. The number of rotatable bonds is 0. The van der Waals surface area contributed by atoms with Gasteiger partial charge in [-0.1, -0.05) is 34.6 Å². The average molecular weight is 252 g/mol. The monoisotopic (exact) mass is 252 g/mol. The highest BCUT2D eigenvalue weighted by atomic mass is 16.2. The van der Waals surface area contributed by atoms with Crippen molar-refractivity contribution >= 4 is 11.7 Å². The summed E-state index contributed by atoms with van der Waals surface area (Å²) in [6.07, 6.45) is 5.07. The van der Waals surface area contributed by atoms with Gasteiger partial charge in [0.2, 0.25) is 5.91 Å². The molecule has 1 aliphatic rings. The quantitative estimate of drug-likeness (QED) is 0.744. The van der Waals surface area contributed by atoms with E-state index in [2.05, 4.69) is 11.1 Å². The molecule has 0 saturated heterocycles. The van der Waals surface area contributed by atoms with E-state index in [-0.39, 0.29) is 11.8 Å². The third-order valence-electron chi connectivity index (χ3n) is 2.98. The molecule has 0 saturated carbocycles. The lowest BCUT2D eigenvalue weighted by Gasteiger charge is -2.24. The van der Waals surface area contributed by atoms with Crippen molar-refractivity contribution in [1.82, 2.24) is 4.98 Å². The van der Waals surface area contributed by atoms with Crippen LogP contribution in [-0.4, -0.2) is 17.9 Å². The van der Waals surface area contributed by atoms with Gasteiger partial charge in [0.1, 0.15) is 5.82 Å². The van der Waals surface area contributed by atoms with Crippen molar-refractivity contribution < 1.29 is 4.79 Å². The lowest BCUT2D eigenvalue weighted by Crippen LogP contribution is -2.33. The summed E-state index contributed by atoms with van der Waals surface area (Å²) >= 11 is 0. The lowest BCUT2D eigenvalue weighted by molar-refractivity contribution is -0.121. The number of anilines is 1. The molecule has 1 aliphatic heterocycles. The molecular formula is C15H28N2O. The van der Waals surface area contributed by atoms with Gasteiger partial charge in [0.25, 0.3) is 0 Å². The van der Waals surface area contributed by atoms with Gasteiger partial charge in [-0.25, -0.2) is 0 Å². The first kappa shape index (κ1) is 16.8. The highest BCUT2D eigenvalue weighted by molar-refractivity contribution is 5.94. The molecule has 0 spiro atoms. The van der Waals surface area contributed by atoms with E-state index in [1.807, 2.05) is 47.9 Å². The van der Waals surface area contributed by atoms with Crippen LogP contribution in [0.5, 0.6) is 0 Å². The van der Waals surface area contributed by atoms with E-state index in [1.54, 1.807) is 4.90 Å². The molecular weight excluding hydrogens is 224 g/mol. The Bertz CT molecular complexity index is 344. The van der Waals surface area contributed by atoms with Crippen molar-refractivity contribution in [3.05, 3.63) is 17.8 Å². The predicted molar refractivity (Wildman–Crippen MR) is 79.0 cm³/mol. The van der Waals surface area contributed by atoms with Crippen LogP contribution < -0.4 is 4.90 Å². The van der Waals surface area contributed by atoms with E-state index in [0.717, 1.165) is 25.1 Å². The second-order valence-corrected chi connectivity index (χ2v) is 4.04. The van der Waals surface area contributed by atoms with Gasteiger partial charge in [0.15, 0.2) is 0 Å². The molecule has 1 N–H and O–H groups in total. The molecule has 104 valence electrons. The van der Waals surface area contributed by atoms with Crippen LogP contribution in [0.25, 0.3) is 0 Å². The Labute approximate surface area is 112 Å². The molecule has 1 aromatic heterocycles. The topological polar surface area (TPSA) is 36.1 Å². The summed E-state index contributed by atoms with van der Waals surface area (Å²) in [4.78, 5) is 16.7. The standard InChI is InChI=1S/C11H16N2O.2C2H6/c1-8-4-3-5-9-6-7-12-10(9)13(2)11(8)14;2*1-2/h6-8,12H,3-5H2,1-2H3;2*1-2H3. The van der Waals surface area contributed by atoms with Gasteiger partial charge in [0.05, 0.1) is 0 Å². The smallest absolute Gasteiger partial charge is 0.230 e. The van der Waals surface area contributed by atoms with Crippen molar-refractivity contribution in [3.63, 3.8) is 0 Å². The molecule has 3 heteroatoms. The Kier molecular flexibility index (Phi) is 8.17. The average Bonchev–Trinajstić information content (AvgIpc) is 2.88. The van der Waals surface area contributed by atoms with Gasteiger partial charge in [-0.15, -0.1) is 0 Å². The SMILES string of the molecule is CC.CC.CC1CCCc2cc[nH]c2N(C)C1=O. The van der Waals surface area contributed by atoms with Crippen LogP contribution in [-0.2, 0) is 11.2 Å². The minimum atomic E-state index is 0.149. The number of fused-ring (bicyclic) bond motifs is 1. The maximum atomic E-state index is 11.9. The zero-order valence-electron chi connectivity index (χ0n) is 12.7. The van der Waals surface area contributed by atoms with Crippen molar-refractivity contribution in [3.8, 4) is 0 Å². The molecule has 0 bridgehead atoms. The highest BCUT2D eigenvalue weighted by Gasteiger charge is 2.23. The molecule has 2 rings (SSSR count). The van der Waals surface area contributed by atoms with Crippen LogP contribution in [0.4, 0.5) is 5.82 Å². The van der Waals surface area contributed by atoms with E-state index in [9.17, 15) is 4.79 Å². The van der Waals surface area contributed by atoms with E-state index in [4.69, 9.17) is 0 Å². The fourth-order valence-electron chi connectivity index (χ4n) is 2.07. The Hall–Kier alpha value is -1.25. The first-order valence-corrected chi connectivity index (χ1v) is 7.14. The first-order valence-electron chi connectivity index (χ1n) is 7.14. The molecule has 0 fully saturated rings. The number of carbonyl (C=O) groups is 1. The van der Waals surface area contributed by atoms with Crippen molar-refractivity contribution in [2.24, 2.45) is 5.92 Å². The first-order chi connectivity index (χ1) is 8.70. The van der Waals surface area contributed by atoms with Gasteiger partial charge in [0, 0.05) is 19.2 Å². The van der Waals surface area contributed by atoms with Gasteiger partial charge in [-0.3, -0.25) is 4.79 Å². The third kappa shape index (κ3) is 3.90. The van der Waals surface area contributed by atoms with E-state index in [0.29, 0.717) is 0 Å². The third-order valence-corrected chi connectivity index (χ3v) is 2.98. The number of hydrogen-bond donors (Lipinski definition) is 1. The number of amides is 1. The minimum Gasteiger partial charge on any atom is -0.348 e. The number of aromatic amines is 1. The van der Waals surface area contributed by atoms with E-state index in [1.165, 1.54) is 5.56 Å². The van der Waals surface area contributed by atoms with Gasteiger partial charge >= 0.3 is 0 Å². The van der Waals surface area contributed by atoms with E-state index >= 15 is 0 Å². The highest BCUT2D eigenvalue weighted by Crippen LogP contribution is 2.25. The summed E-state index contributed by atoms with van der Waals surface area (Å²) in [5.41, 5.74) is 1.26. The zero-order valence-corrected chi connectivity index (χ0v) is 12.7. The number of nitrogens with one attached hydrogen (secondary N) is 1. The van der Waals surface area contributed by atoms with Gasteiger partial charge < -0.3 is 9.88 Å². The van der Waals surface area contributed by atoms with Crippen molar-refractivity contribution in [2.75, 3.05) is 11.9 Å². The Morgan fingerprint density at radius 2 is 1.89 bits per heavy atom. The number of aromatic nitrogens is 1. The van der Waals surface area contributed by atoms with Crippen LogP contribution in [0.2, 0.25) is 0 Å². The Balaban J connectivity index is 0.000000659. The van der Waals surface area contributed by atoms with E-state index < -0.39 is 0 Å². The summed E-state index contributed by atoms with van der Waals surface area (Å²) in [6, 6.07) is 2.06. The number of nitrogens with zero attached hydrogens (tertiary/aromatic N) is 1. The Morgan fingerprint density at radius 1 is 1.28 bits per heavy atom. The van der Waals surface area contributed by atoms with Crippen LogP contribution >= 0.6 is 0 Å². The molecule has 1 unspecified atom stereocenters. The van der Waals surface area contributed by atoms with Crippen molar-refractivity contribution in [1.29, 1.82) is 0 Å². The summed E-state index contributed by atoms with van der Waals surface area (Å²) in [5.74, 6) is 1.34. The fourth-order valence-corrected chi connectivity index (χ4v) is 2.07. The predicted octanol–water partition coefficient (Wildman–Crippen LogP) is 4.00. The van der Waals surface area contributed by atoms with Crippen LogP contribution in [0.15, 0.2) is 12.3 Å². The second-order valence-electron chi connectivity index (χ2n) is 4.04. The molecule has 1 amide bonds. The second kappa shape index (κ2) is 8.78. The van der Waals surface area contributed by atoms with Crippen LogP contribution in [0.1, 0.15) is 53.0 Å². The molecule has 0 aliphatic carbocycles. The number of hydrogen-bond acceptors (Lipinski definition) is 1. The summed E-state index contributed by atoms with van der Waals surface area (Å²) in [5, 5.41) is 0. The zero-order chi connectivity index (χ0) is 14.1. The summed E-state index contributed by atoms with van der Waals surface area (Å²) < 4.78 is 0. The number of H-pyrrole nitrogens is 1. The number of aryl methyl sites for hydroxylation is 1. The number of carbonyl (C=O) groups excluding carboxylic acids is 1. The molecule has 2 heterocycles.